The van der Waals surface area contributed by atoms with Crippen LogP contribution in [0.25, 0.3) is 22.6 Å². The van der Waals surface area contributed by atoms with Crippen molar-refractivity contribution in [1.29, 1.82) is 0 Å². The van der Waals surface area contributed by atoms with E-state index in [-0.39, 0.29) is 5.91 Å². The summed E-state index contributed by atoms with van der Waals surface area (Å²) >= 11 is 7.55. The van der Waals surface area contributed by atoms with Crippen LogP contribution >= 0.6 is 22.9 Å². The molecule has 0 aliphatic heterocycles. The first-order chi connectivity index (χ1) is 12.2. The molecule has 0 saturated carbocycles. The zero-order chi connectivity index (χ0) is 17.2. The van der Waals surface area contributed by atoms with E-state index in [1.54, 1.807) is 29.5 Å². The molecule has 0 bridgehead atoms. The van der Waals surface area contributed by atoms with Gasteiger partial charge in [-0.1, -0.05) is 17.7 Å². The van der Waals surface area contributed by atoms with Crippen molar-refractivity contribution in [2.45, 2.75) is 6.42 Å². The molecule has 2 aromatic carbocycles. The second-order valence-corrected chi connectivity index (χ2v) is 6.98. The van der Waals surface area contributed by atoms with Gasteiger partial charge in [-0.15, -0.1) is 11.3 Å². The average molecular weight is 369 g/mol. The van der Waals surface area contributed by atoms with Gasteiger partial charge >= 0.3 is 0 Å². The third-order valence-electron chi connectivity index (χ3n) is 3.68. The van der Waals surface area contributed by atoms with Crippen LogP contribution in [0.5, 0.6) is 0 Å². The van der Waals surface area contributed by atoms with Gasteiger partial charge in [0.05, 0.1) is 6.42 Å². The Morgan fingerprint density at radius 3 is 2.76 bits per heavy atom. The molecule has 4 nitrogen and oxygen atoms in total. The van der Waals surface area contributed by atoms with Gasteiger partial charge in [0, 0.05) is 21.2 Å². The summed E-state index contributed by atoms with van der Waals surface area (Å²) in [6, 6.07) is 16.6. The molecule has 0 fully saturated rings. The fraction of sp³-hybridized carbons (Fsp3) is 0.0526. The van der Waals surface area contributed by atoms with Gasteiger partial charge < -0.3 is 9.73 Å². The smallest absolute Gasteiger partial charge is 0.229 e. The Morgan fingerprint density at radius 2 is 2.00 bits per heavy atom. The molecule has 0 spiro atoms. The third kappa shape index (κ3) is 3.57. The number of benzene rings is 2. The standard InChI is InChI=1S/C19H13ClN2O2S/c20-13-5-8-17-16(10-13)22-19(24-17)12-3-6-14(7-4-12)21-18(23)11-15-2-1-9-25-15/h1-10H,11H2,(H,21,23). The molecular formula is C19H13ClN2O2S. The minimum atomic E-state index is -0.0355. The number of oxazole rings is 1. The molecule has 0 aliphatic carbocycles. The van der Waals surface area contributed by atoms with Gasteiger partial charge in [-0.05, 0) is 53.9 Å². The number of thiophene rings is 1. The second kappa shape index (κ2) is 6.70. The van der Waals surface area contributed by atoms with E-state index in [0.717, 1.165) is 21.6 Å². The monoisotopic (exact) mass is 368 g/mol. The van der Waals surface area contributed by atoms with E-state index in [0.29, 0.717) is 22.9 Å². The maximum atomic E-state index is 12.0. The van der Waals surface area contributed by atoms with Crippen molar-refractivity contribution in [2.24, 2.45) is 0 Å². The fourth-order valence-corrected chi connectivity index (χ4v) is 3.37. The molecule has 1 N–H and O–H groups in total. The lowest BCUT2D eigenvalue weighted by molar-refractivity contribution is -0.115. The molecule has 2 heterocycles. The first-order valence-corrected chi connectivity index (χ1v) is 8.92. The van der Waals surface area contributed by atoms with Gasteiger partial charge in [0.15, 0.2) is 5.58 Å². The fourth-order valence-electron chi connectivity index (χ4n) is 2.50. The van der Waals surface area contributed by atoms with Gasteiger partial charge in [0.1, 0.15) is 5.52 Å². The molecule has 0 unspecified atom stereocenters. The number of nitrogens with zero attached hydrogens (tertiary/aromatic N) is 1. The molecule has 1 amide bonds. The number of hydrogen-bond acceptors (Lipinski definition) is 4. The van der Waals surface area contributed by atoms with Crippen molar-refractivity contribution in [2.75, 3.05) is 5.32 Å². The van der Waals surface area contributed by atoms with E-state index in [4.69, 9.17) is 16.0 Å². The second-order valence-electron chi connectivity index (χ2n) is 5.51. The topological polar surface area (TPSA) is 55.1 Å². The van der Waals surface area contributed by atoms with Crippen LogP contribution in [0.4, 0.5) is 5.69 Å². The minimum Gasteiger partial charge on any atom is -0.436 e. The Bertz CT molecular complexity index is 1020. The number of aromatic nitrogens is 1. The lowest BCUT2D eigenvalue weighted by atomic mass is 10.2. The summed E-state index contributed by atoms with van der Waals surface area (Å²) in [5, 5.41) is 5.48. The van der Waals surface area contributed by atoms with E-state index in [1.165, 1.54) is 0 Å². The van der Waals surface area contributed by atoms with Crippen LogP contribution in [0.1, 0.15) is 4.88 Å². The molecule has 4 rings (SSSR count). The number of carbonyl (C=O) groups excluding carboxylic acids is 1. The lowest BCUT2D eigenvalue weighted by Crippen LogP contribution is -2.13. The van der Waals surface area contributed by atoms with Crippen molar-refractivity contribution in [3.63, 3.8) is 0 Å². The molecule has 0 radical (unpaired) electrons. The van der Waals surface area contributed by atoms with Crippen LogP contribution in [0.15, 0.2) is 64.4 Å². The first-order valence-electron chi connectivity index (χ1n) is 7.66. The number of hydrogen-bond donors (Lipinski definition) is 1. The van der Waals surface area contributed by atoms with Crippen molar-refractivity contribution < 1.29 is 9.21 Å². The summed E-state index contributed by atoms with van der Waals surface area (Å²) in [5.41, 5.74) is 2.98. The number of fused-ring (bicyclic) bond motifs is 1. The Labute approximate surface area is 153 Å². The normalized spacial score (nSPS) is 10.9. The summed E-state index contributed by atoms with van der Waals surface area (Å²) in [7, 11) is 0. The van der Waals surface area contributed by atoms with E-state index in [2.05, 4.69) is 10.3 Å². The third-order valence-corrected chi connectivity index (χ3v) is 4.79. The Morgan fingerprint density at radius 1 is 1.16 bits per heavy atom. The molecule has 0 saturated heterocycles. The first kappa shape index (κ1) is 15.9. The van der Waals surface area contributed by atoms with Crippen LogP contribution in [-0.2, 0) is 11.2 Å². The Kier molecular flexibility index (Phi) is 4.26. The number of anilines is 1. The summed E-state index contributed by atoms with van der Waals surface area (Å²) in [6.45, 7) is 0. The lowest BCUT2D eigenvalue weighted by Gasteiger charge is -2.04. The largest absolute Gasteiger partial charge is 0.436 e. The summed E-state index contributed by atoms with van der Waals surface area (Å²) in [4.78, 5) is 17.5. The maximum Gasteiger partial charge on any atom is 0.229 e. The van der Waals surface area contributed by atoms with Crippen LogP contribution in [-0.4, -0.2) is 10.9 Å². The Balaban J connectivity index is 1.50. The number of halogens is 1. The highest BCUT2D eigenvalue weighted by Crippen LogP contribution is 2.27. The van der Waals surface area contributed by atoms with Gasteiger partial charge in [0.2, 0.25) is 11.8 Å². The van der Waals surface area contributed by atoms with Crippen molar-refractivity contribution in [1.82, 2.24) is 4.98 Å². The number of rotatable bonds is 4. The van der Waals surface area contributed by atoms with Gasteiger partial charge in [-0.3, -0.25) is 4.79 Å². The summed E-state index contributed by atoms with van der Waals surface area (Å²) in [5.74, 6) is 0.487. The SMILES string of the molecule is O=C(Cc1cccs1)Nc1ccc(-c2nc3cc(Cl)ccc3o2)cc1. The summed E-state index contributed by atoms with van der Waals surface area (Å²) < 4.78 is 5.74. The van der Waals surface area contributed by atoms with Crippen LogP contribution in [0.3, 0.4) is 0 Å². The van der Waals surface area contributed by atoms with Crippen molar-refractivity contribution in [3.8, 4) is 11.5 Å². The molecule has 6 heteroatoms. The molecule has 2 aromatic heterocycles. The van der Waals surface area contributed by atoms with Crippen LogP contribution in [0.2, 0.25) is 5.02 Å². The molecular weight excluding hydrogens is 356 g/mol. The quantitative estimate of drug-likeness (QED) is 0.525. The number of carbonyl (C=O) groups is 1. The predicted molar refractivity (Wildman–Crippen MR) is 101 cm³/mol. The molecule has 0 atom stereocenters. The highest BCUT2D eigenvalue weighted by molar-refractivity contribution is 7.10. The predicted octanol–water partition coefficient (Wildman–Crippen LogP) is 5.39. The minimum absolute atomic E-state index is 0.0355. The van der Waals surface area contributed by atoms with Gasteiger partial charge in [-0.25, -0.2) is 4.98 Å². The van der Waals surface area contributed by atoms with E-state index >= 15 is 0 Å². The highest BCUT2D eigenvalue weighted by Gasteiger charge is 2.09. The van der Waals surface area contributed by atoms with E-state index in [9.17, 15) is 4.79 Å². The molecule has 25 heavy (non-hydrogen) atoms. The van der Waals surface area contributed by atoms with Gasteiger partial charge in [-0.2, -0.15) is 0 Å². The maximum absolute atomic E-state index is 12.0. The summed E-state index contributed by atoms with van der Waals surface area (Å²) in [6.07, 6.45) is 0.380. The Hall–Kier alpha value is -2.63. The zero-order valence-electron chi connectivity index (χ0n) is 13.0. The molecule has 0 aliphatic rings. The van der Waals surface area contributed by atoms with Crippen molar-refractivity contribution in [3.05, 3.63) is 69.9 Å². The van der Waals surface area contributed by atoms with E-state index < -0.39 is 0 Å². The van der Waals surface area contributed by atoms with Crippen LogP contribution < -0.4 is 5.32 Å². The molecule has 4 aromatic rings. The van der Waals surface area contributed by atoms with E-state index in [1.807, 2.05) is 41.8 Å². The van der Waals surface area contributed by atoms with Crippen molar-refractivity contribution >= 4 is 45.6 Å². The highest BCUT2D eigenvalue weighted by atomic mass is 35.5. The number of nitrogens with one attached hydrogen (secondary N) is 1. The average Bonchev–Trinajstić information content (AvgIpc) is 3.24. The molecule has 124 valence electrons. The van der Waals surface area contributed by atoms with Crippen LogP contribution in [0, 0.1) is 0 Å². The zero-order valence-corrected chi connectivity index (χ0v) is 14.6. The van der Waals surface area contributed by atoms with Gasteiger partial charge in [0.25, 0.3) is 0 Å². The number of amides is 1.